The maximum absolute atomic E-state index is 3.85. The Morgan fingerprint density at radius 3 is 2.44 bits per heavy atom. The van der Waals surface area contributed by atoms with Gasteiger partial charge in [-0.15, -0.1) is 0 Å². The monoisotopic (exact) mass is 245 g/mol. The van der Waals surface area contributed by atoms with Gasteiger partial charge in [0.15, 0.2) is 0 Å². The number of rotatable bonds is 2. The number of hydrogen-bond acceptors (Lipinski definition) is 1. The molecule has 100 valence electrons. The largest absolute Gasteiger partial charge is 0.307 e. The van der Waals surface area contributed by atoms with Gasteiger partial charge in [-0.2, -0.15) is 0 Å². The zero-order valence-electron chi connectivity index (χ0n) is 12.4. The quantitative estimate of drug-likeness (QED) is 0.815. The molecule has 1 aliphatic rings. The molecule has 0 saturated carbocycles. The van der Waals surface area contributed by atoms with Gasteiger partial charge in [0.2, 0.25) is 0 Å². The van der Waals surface area contributed by atoms with Crippen molar-refractivity contribution in [2.75, 3.05) is 6.54 Å². The van der Waals surface area contributed by atoms with Crippen LogP contribution in [0.25, 0.3) is 0 Å². The summed E-state index contributed by atoms with van der Waals surface area (Å²) < 4.78 is 0. The number of nitrogens with one attached hydrogen (secondary N) is 1. The molecule has 1 fully saturated rings. The second-order valence-corrected chi connectivity index (χ2v) is 5.92. The Morgan fingerprint density at radius 1 is 1.00 bits per heavy atom. The smallest absolute Gasteiger partial charge is 0.0434 e. The van der Waals surface area contributed by atoms with Crippen molar-refractivity contribution in [1.29, 1.82) is 0 Å². The van der Waals surface area contributed by atoms with Crippen molar-refractivity contribution < 1.29 is 0 Å². The van der Waals surface area contributed by atoms with Gasteiger partial charge >= 0.3 is 0 Å². The maximum atomic E-state index is 3.85. The van der Waals surface area contributed by atoms with E-state index in [4.69, 9.17) is 0 Å². The van der Waals surface area contributed by atoms with E-state index in [0.717, 1.165) is 0 Å². The fourth-order valence-electron chi connectivity index (χ4n) is 3.34. The molecular formula is C17H27N. The van der Waals surface area contributed by atoms with Crippen molar-refractivity contribution in [2.45, 2.75) is 65.3 Å². The lowest BCUT2D eigenvalue weighted by atomic mass is 9.79. The molecule has 0 amide bonds. The minimum Gasteiger partial charge on any atom is -0.307 e. The Labute approximate surface area is 112 Å². The van der Waals surface area contributed by atoms with Crippen molar-refractivity contribution in [2.24, 2.45) is 0 Å². The molecule has 1 atom stereocenters. The molecule has 1 aliphatic heterocycles. The molecule has 0 aromatic heterocycles. The second-order valence-electron chi connectivity index (χ2n) is 5.92. The Kier molecular flexibility index (Phi) is 4.11. The molecule has 1 aromatic carbocycles. The third-order valence-corrected chi connectivity index (χ3v) is 4.70. The molecule has 0 spiro atoms. The SMILES string of the molecule is CCC1(c2cc(C)c(C)cc2C)CCCCCN1. The van der Waals surface area contributed by atoms with E-state index in [1.807, 2.05) is 0 Å². The summed E-state index contributed by atoms with van der Waals surface area (Å²) in [5.74, 6) is 0. The van der Waals surface area contributed by atoms with Crippen molar-refractivity contribution in [3.8, 4) is 0 Å². The molecule has 1 saturated heterocycles. The normalized spacial score (nSPS) is 24.9. The van der Waals surface area contributed by atoms with E-state index in [2.05, 4.69) is 45.1 Å². The summed E-state index contributed by atoms with van der Waals surface area (Å²) in [5, 5.41) is 3.85. The summed E-state index contributed by atoms with van der Waals surface area (Å²) in [6.45, 7) is 10.2. The molecule has 2 rings (SSSR count). The third kappa shape index (κ3) is 2.47. The van der Waals surface area contributed by atoms with Gasteiger partial charge in [-0.25, -0.2) is 0 Å². The summed E-state index contributed by atoms with van der Waals surface area (Å²) in [4.78, 5) is 0. The van der Waals surface area contributed by atoms with Crippen LogP contribution in [-0.4, -0.2) is 6.54 Å². The number of benzene rings is 1. The molecule has 18 heavy (non-hydrogen) atoms. The molecule has 0 bridgehead atoms. The number of hydrogen-bond donors (Lipinski definition) is 1. The van der Waals surface area contributed by atoms with E-state index < -0.39 is 0 Å². The first kappa shape index (κ1) is 13.6. The Morgan fingerprint density at radius 2 is 1.72 bits per heavy atom. The highest BCUT2D eigenvalue weighted by Gasteiger charge is 2.32. The highest BCUT2D eigenvalue weighted by molar-refractivity contribution is 5.40. The van der Waals surface area contributed by atoms with Crippen LogP contribution in [0.2, 0.25) is 0 Å². The van der Waals surface area contributed by atoms with Crippen LogP contribution in [0.4, 0.5) is 0 Å². The van der Waals surface area contributed by atoms with Crippen molar-refractivity contribution in [3.63, 3.8) is 0 Å². The molecule has 1 unspecified atom stereocenters. The Hall–Kier alpha value is -0.820. The predicted molar refractivity (Wildman–Crippen MR) is 79.1 cm³/mol. The van der Waals surface area contributed by atoms with Crippen molar-refractivity contribution >= 4 is 0 Å². The van der Waals surface area contributed by atoms with Gasteiger partial charge in [0.1, 0.15) is 0 Å². The minimum atomic E-state index is 0.221. The van der Waals surface area contributed by atoms with Gasteiger partial charge in [0.05, 0.1) is 0 Å². The standard InChI is InChI=1S/C17H27N/c1-5-17(9-7-6-8-10-18-17)16-12-14(3)13(2)11-15(16)4/h11-12,18H,5-10H2,1-4H3. The highest BCUT2D eigenvalue weighted by Crippen LogP contribution is 2.35. The molecule has 1 heterocycles. The van der Waals surface area contributed by atoms with E-state index >= 15 is 0 Å². The topological polar surface area (TPSA) is 12.0 Å². The zero-order chi connectivity index (χ0) is 13.2. The summed E-state index contributed by atoms with van der Waals surface area (Å²) in [7, 11) is 0. The van der Waals surface area contributed by atoms with E-state index in [0.29, 0.717) is 0 Å². The number of aryl methyl sites for hydroxylation is 3. The van der Waals surface area contributed by atoms with Gasteiger partial charge in [-0.1, -0.05) is 31.9 Å². The lowest BCUT2D eigenvalue weighted by Gasteiger charge is -2.35. The molecule has 0 aliphatic carbocycles. The van der Waals surface area contributed by atoms with Gasteiger partial charge in [-0.05, 0) is 68.8 Å². The van der Waals surface area contributed by atoms with Crippen molar-refractivity contribution in [3.05, 3.63) is 34.4 Å². The summed E-state index contributed by atoms with van der Waals surface area (Å²) >= 11 is 0. The van der Waals surface area contributed by atoms with E-state index in [9.17, 15) is 0 Å². The van der Waals surface area contributed by atoms with Crippen LogP contribution >= 0.6 is 0 Å². The second kappa shape index (κ2) is 5.44. The average molecular weight is 245 g/mol. The molecular weight excluding hydrogens is 218 g/mol. The van der Waals surface area contributed by atoms with Crippen LogP contribution < -0.4 is 5.32 Å². The molecule has 0 radical (unpaired) electrons. The Bertz CT molecular complexity index is 412. The van der Waals surface area contributed by atoms with Crippen LogP contribution in [0.15, 0.2) is 12.1 Å². The van der Waals surface area contributed by atoms with E-state index in [1.165, 1.54) is 60.9 Å². The Balaban J connectivity index is 2.45. The van der Waals surface area contributed by atoms with Crippen molar-refractivity contribution in [1.82, 2.24) is 5.32 Å². The first-order chi connectivity index (χ1) is 8.59. The lowest BCUT2D eigenvalue weighted by Crippen LogP contribution is -2.41. The third-order valence-electron chi connectivity index (χ3n) is 4.70. The van der Waals surface area contributed by atoms with Gasteiger partial charge < -0.3 is 5.32 Å². The molecule has 1 nitrogen and oxygen atoms in total. The molecule has 1 heteroatoms. The van der Waals surface area contributed by atoms with Crippen LogP contribution in [0.5, 0.6) is 0 Å². The van der Waals surface area contributed by atoms with Gasteiger partial charge in [0, 0.05) is 5.54 Å². The van der Waals surface area contributed by atoms with E-state index in [1.54, 1.807) is 0 Å². The van der Waals surface area contributed by atoms with Crippen LogP contribution in [0.1, 0.15) is 61.3 Å². The van der Waals surface area contributed by atoms with E-state index in [-0.39, 0.29) is 5.54 Å². The fraction of sp³-hybridized carbons (Fsp3) is 0.647. The first-order valence-corrected chi connectivity index (χ1v) is 7.42. The first-order valence-electron chi connectivity index (χ1n) is 7.42. The zero-order valence-corrected chi connectivity index (χ0v) is 12.4. The summed E-state index contributed by atoms with van der Waals surface area (Å²) in [6, 6.07) is 4.78. The molecule has 1 aromatic rings. The van der Waals surface area contributed by atoms with Crippen LogP contribution in [0.3, 0.4) is 0 Å². The maximum Gasteiger partial charge on any atom is 0.0434 e. The lowest BCUT2D eigenvalue weighted by molar-refractivity contribution is 0.311. The molecule has 1 N–H and O–H groups in total. The van der Waals surface area contributed by atoms with Crippen LogP contribution in [0, 0.1) is 20.8 Å². The average Bonchev–Trinajstić information content (AvgIpc) is 2.60. The van der Waals surface area contributed by atoms with Gasteiger partial charge in [-0.3, -0.25) is 0 Å². The minimum absolute atomic E-state index is 0.221. The summed E-state index contributed by atoms with van der Waals surface area (Å²) in [5.41, 5.74) is 6.05. The summed E-state index contributed by atoms with van der Waals surface area (Å²) in [6.07, 6.45) is 6.53. The highest BCUT2D eigenvalue weighted by atomic mass is 15.0. The fourth-order valence-corrected chi connectivity index (χ4v) is 3.34. The van der Waals surface area contributed by atoms with Gasteiger partial charge in [0.25, 0.3) is 0 Å². The predicted octanol–water partition coefficient (Wildman–Crippen LogP) is 4.38. The van der Waals surface area contributed by atoms with Crippen LogP contribution in [-0.2, 0) is 5.54 Å².